The van der Waals surface area contributed by atoms with Gasteiger partial charge in [-0.1, -0.05) is 19.9 Å². The van der Waals surface area contributed by atoms with E-state index in [0.717, 1.165) is 56.9 Å². The van der Waals surface area contributed by atoms with Crippen molar-refractivity contribution in [1.29, 1.82) is 0 Å². The lowest BCUT2D eigenvalue weighted by atomic mass is 10.1. The minimum Gasteiger partial charge on any atom is -0.491 e. The van der Waals surface area contributed by atoms with Gasteiger partial charge in [0.15, 0.2) is 0 Å². The molecule has 1 saturated heterocycles. The summed E-state index contributed by atoms with van der Waals surface area (Å²) < 4.78 is 5.58. The van der Waals surface area contributed by atoms with Crippen molar-refractivity contribution in [3.05, 3.63) is 23.8 Å². The maximum absolute atomic E-state index is 12.3. The molecule has 2 N–H and O–H groups in total. The molecule has 0 bridgehead atoms. The third-order valence-corrected chi connectivity index (χ3v) is 4.34. The number of rotatable bonds is 7. The zero-order valence-corrected chi connectivity index (χ0v) is 14.4. The molecule has 0 aliphatic carbocycles. The fourth-order valence-corrected chi connectivity index (χ4v) is 2.82. The number of nitrogens with zero attached hydrogens (tertiary/aromatic N) is 2. The molecular weight excluding hydrogens is 290 g/mol. The number of nitrogen functional groups attached to an aromatic ring is 1. The monoisotopic (exact) mass is 319 g/mol. The maximum atomic E-state index is 12.3. The second-order valence-corrected chi connectivity index (χ2v) is 6.04. The van der Waals surface area contributed by atoms with Gasteiger partial charge < -0.3 is 20.3 Å². The second-order valence-electron chi connectivity index (χ2n) is 6.04. The standard InChI is InChI=1S/C18H29N3O2/c1-3-13-23-17-7-5-15(14-16(17)19)6-8-18(22)21-11-9-20(4-2)10-12-21/h5,7,14H,3-4,6,8-13,19H2,1-2H3. The molecule has 1 fully saturated rings. The Morgan fingerprint density at radius 1 is 1.22 bits per heavy atom. The number of hydrogen-bond donors (Lipinski definition) is 1. The van der Waals surface area contributed by atoms with Gasteiger partial charge in [-0.3, -0.25) is 4.79 Å². The van der Waals surface area contributed by atoms with Gasteiger partial charge in [-0.25, -0.2) is 0 Å². The number of hydrogen-bond acceptors (Lipinski definition) is 4. The number of benzene rings is 1. The number of ether oxygens (including phenoxy) is 1. The van der Waals surface area contributed by atoms with Crippen molar-refractivity contribution in [2.24, 2.45) is 0 Å². The Morgan fingerprint density at radius 3 is 2.57 bits per heavy atom. The molecule has 1 amide bonds. The van der Waals surface area contributed by atoms with E-state index in [9.17, 15) is 4.79 Å². The molecule has 0 unspecified atom stereocenters. The molecule has 2 rings (SSSR count). The highest BCUT2D eigenvalue weighted by molar-refractivity contribution is 5.76. The van der Waals surface area contributed by atoms with Gasteiger partial charge in [0.1, 0.15) is 5.75 Å². The first kappa shape index (κ1) is 17.6. The highest BCUT2D eigenvalue weighted by Gasteiger charge is 2.19. The van der Waals surface area contributed by atoms with Crippen LogP contribution in [0.3, 0.4) is 0 Å². The van der Waals surface area contributed by atoms with Crippen LogP contribution in [0.15, 0.2) is 18.2 Å². The number of nitrogens with two attached hydrogens (primary N) is 1. The quantitative estimate of drug-likeness (QED) is 0.783. The van der Waals surface area contributed by atoms with Crippen molar-refractivity contribution in [3.8, 4) is 5.75 Å². The van der Waals surface area contributed by atoms with Crippen LogP contribution in [0.4, 0.5) is 5.69 Å². The Kier molecular flexibility index (Phi) is 6.71. The van der Waals surface area contributed by atoms with E-state index in [1.165, 1.54) is 0 Å². The predicted octanol–water partition coefficient (Wildman–Crippen LogP) is 2.15. The lowest BCUT2D eigenvalue weighted by Gasteiger charge is -2.34. The van der Waals surface area contributed by atoms with E-state index in [4.69, 9.17) is 10.5 Å². The summed E-state index contributed by atoms with van der Waals surface area (Å²) in [6, 6.07) is 5.84. The SMILES string of the molecule is CCCOc1ccc(CCC(=O)N2CCN(CC)CC2)cc1N. The van der Waals surface area contributed by atoms with Crippen LogP contribution >= 0.6 is 0 Å². The van der Waals surface area contributed by atoms with Gasteiger partial charge in [-0.2, -0.15) is 0 Å². The number of likely N-dealkylation sites (N-methyl/N-ethyl adjacent to an activating group) is 1. The Hall–Kier alpha value is -1.75. The summed E-state index contributed by atoms with van der Waals surface area (Å²) in [4.78, 5) is 16.7. The number of carbonyl (C=O) groups excluding carboxylic acids is 1. The van der Waals surface area contributed by atoms with Crippen molar-refractivity contribution >= 4 is 11.6 Å². The molecule has 0 atom stereocenters. The van der Waals surface area contributed by atoms with Crippen molar-refractivity contribution < 1.29 is 9.53 Å². The van der Waals surface area contributed by atoms with E-state index in [-0.39, 0.29) is 5.91 Å². The first-order valence-corrected chi connectivity index (χ1v) is 8.65. The molecule has 0 saturated carbocycles. The van der Waals surface area contributed by atoms with Gasteiger partial charge in [0, 0.05) is 32.6 Å². The van der Waals surface area contributed by atoms with Gasteiger partial charge in [0.05, 0.1) is 12.3 Å². The summed E-state index contributed by atoms with van der Waals surface area (Å²) in [5.41, 5.74) is 7.76. The van der Waals surface area contributed by atoms with Crippen LogP contribution in [0.25, 0.3) is 0 Å². The molecule has 1 heterocycles. The van der Waals surface area contributed by atoms with Crippen LogP contribution in [-0.4, -0.2) is 55.0 Å². The predicted molar refractivity (Wildman–Crippen MR) is 93.7 cm³/mol. The number of amides is 1. The molecule has 0 radical (unpaired) electrons. The lowest BCUT2D eigenvalue weighted by Crippen LogP contribution is -2.48. The van der Waals surface area contributed by atoms with Crippen LogP contribution < -0.4 is 10.5 Å². The molecule has 5 heteroatoms. The molecule has 1 aromatic rings. The highest BCUT2D eigenvalue weighted by Crippen LogP contribution is 2.23. The highest BCUT2D eigenvalue weighted by atomic mass is 16.5. The fraction of sp³-hybridized carbons (Fsp3) is 0.611. The molecular formula is C18H29N3O2. The first-order chi connectivity index (χ1) is 11.1. The zero-order valence-electron chi connectivity index (χ0n) is 14.4. The Balaban J connectivity index is 1.81. The van der Waals surface area contributed by atoms with E-state index < -0.39 is 0 Å². The average molecular weight is 319 g/mol. The maximum Gasteiger partial charge on any atom is 0.222 e. The van der Waals surface area contributed by atoms with Crippen molar-refractivity contribution in [1.82, 2.24) is 9.80 Å². The van der Waals surface area contributed by atoms with E-state index in [0.29, 0.717) is 18.7 Å². The number of anilines is 1. The van der Waals surface area contributed by atoms with Crippen molar-refractivity contribution in [2.75, 3.05) is 45.1 Å². The lowest BCUT2D eigenvalue weighted by molar-refractivity contribution is -0.132. The Morgan fingerprint density at radius 2 is 1.96 bits per heavy atom. The van der Waals surface area contributed by atoms with Crippen LogP contribution in [0.1, 0.15) is 32.3 Å². The molecule has 23 heavy (non-hydrogen) atoms. The van der Waals surface area contributed by atoms with Gasteiger partial charge in [0.2, 0.25) is 5.91 Å². The first-order valence-electron chi connectivity index (χ1n) is 8.65. The third kappa shape index (κ3) is 5.13. The van der Waals surface area contributed by atoms with E-state index in [2.05, 4.69) is 18.7 Å². The van der Waals surface area contributed by atoms with Gasteiger partial charge in [-0.05, 0) is 37.1 Å². The average Bonchev–Trinajstić information content (AvgIpc) is 2.59. The minimum absolute atomic E-state index is 0.241. The Labute approximate surface area is 139 Å². The van der Waals surface area contributed by atoms with Crippen LogP contribution in [-0.2, 0) is 11.2 Å². The normalized spacial score (nSPS) is 15.7. The number of carbonyl (C=O) groups is 1. The van der Waals surface area contributed by atoms with Crippen LogP contribution in [0, 0.1) is 0 Å². The van der Waals surface area contributed by atoms with Gasteiger partial charge in [0.25, 0.3) is 0 Å². The minimum atomic E-state index is 0.241. The van der Waals surface area contributed by atoms with Gasteiger partial charge in [-0.15, -0.1) is 0 Å². The summed E-state index contributed by atoms with van der Waals surface area (Å²) in [6.07, 6.45) is 2.23. The summed E-state index contributed by atoms with van der Waals surface area (Å²) in [6.45, 7) is 9.63. The van der Waals surface area contributed by atoms with Crippen LogP contribution in [0.5, 0.6) is 5.75 Å². The molecule has 0 aromatic heterocycles. The number of piperazine rings is 1. The summed E-state index contributed by atoms with van der Waals surface area (Å²) in [5, 5.41) is 0. The van der Waals surface area contributed by atoms with Crippen molar-refractivity contribution in [3.63, 3.8) is 0 Å². The summed E-state index contributed by atoms with van der Waals surface area (Å²) in [5.74, 6) is 0.975. The van der Waals surface area contributed by atoms with E-state index in [1.807, 2.05) is 23.1 Å². The number of aryl methyl sites for hydroxylation is 1. The fourth-order valence-electron chi connectivity index (χ4n) is 2.82. The zero-order chi connectivity index (χ0) is 16.7. The summed E-state index contributed by atoms with van der Waals surface area (Å²) >= 11 is 0. The second kappa shape index (κ2) is 8.77. The molecule has 5 nitrogen and oxygen atoms in total. The largest absolute Gasteiger partial charge is 0.491 e. The van der Waals surface area contributed by atoms with E-state index in [1.54, 1.807) is 0 Å². The Bertz CT molecular complexity index is 511. The van der Waals surface area contributed by atoms with Gasteiger partial charge >= 0.3 is 0 Å². The molecule has 1 aromatic carbocycles. The third-order valence-electron chi connectivity index (χ3n) is 4.34. The smallest absolute Gasteiger partial charge is 0.222 e. The molecule has 0 spiro atoms. The molecule has 128 valence electrons. The summed E-state index contributed by atoms with van der Waals surface area (Å²) in [7, 11) is 0. The van der Waals surface area contributed by atoms with Crippen LogP contribution in [0.2, 0.25) is 0 Å². The van der Waals surface area contributed by atoms with Crippen molar-refractivity contribution in [2.45, 2.75) is 33.1 Å². The molecule has 1 aliphatic heterocycles. The topological polar surface area (TPSA) is 58.8 Å². The molecule has 1 aliphatic rings. The van der Waals surface area contributed by atoms with E-state index >= 15 is 0 Å².